The van der Waals surface area contributed by atoms with Crippen molar-refractivity contribution in [2.45, 2.75) is 50.0 Å². The molecule has 144 valence electrons. The Balaban J connectivity index is 2.19. The summed E-state index contributed by atoms with van der Waals surface area (Å²) in [6, 6.07) is 15.0. The maximum Gasteiger partial charge on any atom is 0.248 e. The monoisotopic (exact) mass is 384 g/mol. The van der Waals surface area contributed by atoms with Gasteiger partial charge in [0.2, 0.25) is 11.8 Å². The lowest BCUT2D eigenvalue weighted by Gasteiger charge is -2.35. The molecule has 4 N–H and O–H groups in total. The van der Waals surface area contributed by atoms with Crippen LogP contribution in [0.1, 0.15) is 59.5 Å². The Morgan fingerprint density at radius 1 is 0.741 bits per heavy atom. The van der Waals surface area contributed by atoms with Crippen LogP contribution in [-0.2, 0) is 12.8 Å². The van der Waals surface area contributed by atoms with Crippen LogP contribution in [0.2, 0.25) is 0 Å². The Kier molecular flexibility index (Phi) is 6.37. The summed E-state index contributed by atoms with van der Waals surface area (Å²) in [5, 5.41) is 0. The summed E-state index contributed by atoms with van der Waals surface area (Å²) in [5.74, 6) is -0.804. The Bertz CT molecular complexity index is 774. The van der Waals surface area contributed by atoms with E-state index in [9.17, 15) is 9.59 Å². The molecular formula is C22H28N2O2S. The van der Waals surface area contributed by atoms with Gasteiger partial charge in [0, 0.05) is 20.6 Å². The molecule has 27 heavy (non-hydrogen) atoms. The Morgan fingerprint density at radius 3 is 1.41 bits per heavy atom. The highest BCUT2D eigenvalue weighted by atomic mass is 32.2. The average Bonchev–Trinajstić information content (AvgIpc) is 2.53. The average molecular weight is 385 g/mol. The van der Waals surface area contributed by atoms with E-state index in [1.165, 1.54) is 0 Å². The van der Waals surface area contributed by atoms with Crippen molar-refractivity contribution in [2.75, 3.05) is 0 Å². The van der Waals surface area contributed by atoms with E-state index in [0.717, 1.165) is 24.0 Å². The molecular weight excluding hydrogens is 356 g/mol. The highest BCUT2D eigenvalue weighted by Crippen LogP contribution is 2.41. The summed E-state index contributed by atoms with van der Waals surface area (Å²) in [4.78, 5) is 23.4. The maximum atomic E-state index is 11.7. The minimum absolute atomic E-state index is 0.128. The van der Waals surface area contributed by atoms with Gasteiger partial charge in [-0.1, -0.05) is 64.1 Å². The first kappa shape index (κ1) is 21.0. The van der Waals surface area contributed by atoms with Crippen LogP contribution in [0.25, 0.3) is 0 Å². The molecule has 0 radical (unpaired) electrons. The third kappa shape index (κ3) is 5.86. The molecule has 0 bridgehead atoms. The SMILES string of the molecule is CC(C)(Cc1ccccc1C(N)=O)SC(C)(C)Cc1ccccc1C(N)=O. The van der Waals surface area contributed by atoms with Crippen LogP contribution in [0.5, 0.6) is 0 Å². The molecule has 0 aliphatic rings. The second kappa shape index (κ2) is 8.17. The standard InChI is InChI=1S/C22H28N2O2S/c1-21(2,13-15-9-5-7-11-17(15)19(23)25)27-22(3,4)14-16-10-6-8-12-18(16)20(24)26/h5-12H,13-14H2,1-4H3,(H2,23,25)(H2,24,26). The van der Waals surface area contributed by atoms with Crippen molar-refractivity contribution in [1.29, 1.82) is 0 Å². The molecule has 0 spiro atoms. The molecule has 0 aromatic heterocycles. The molecule has 4 nitrogen and oxygen atoms in total. The quantitative estimate of drug-likeness (QED) is 0.722. The van der Waals surface area contributed by atoms with Gasteiger partial charge in [-0.3, -0.25) is 9.59 Å². The fourth-order valence-corrected chi connectivity index (χ4v) is 5.52. The van der Waals surface area contributed by atoms with Gasteiger partial charge in [-0.15, -0.1) is 11.8 Å². The van der Waals surface area contributed by atoms with Crippen molar-refractivity contribution >= 4 is 23.6 Å². The van der Waals surface area contributed by atoms with Crippen LogP contribution >= 0.6 is 11.8 Å². The van der Waals surface area contributed by atoms with E-state index in [4.69, 9.17) is 11.5 Å². The molecule has 0 unspecified atom stereocenters. The van der Waals surface area contributed by atoms with Gasteiger partial charge in [0.25, 0.3) is 0 Å². The lowest BCUT2D eigenvalue weighted by atomic mass is 9.96. The summed E-state index contributed by atoms with van der Waals surface area (Å²) in [5.41, 5.74) is 14.1. The minimum Gasteiger partial charge on any atom is -0.366 e. The molecule has 0 saturated carbocycles. The van der Waals surface area contributed by atoms with Gasteiger partial charge in [0.05, 0.1) is 0 Å². The second-order valence-corrected chi connectivity index (χ2v) is 10.4. The van der Waals surface area contributed by atoms with Crippen molar-refractivity contribution < 1.29 is 9.59 Å². The molecule has 2 amide bonds. The first-order chi connectivity index (χ1) is 12.5. The molecule has 0 aliphatic heterocycles. The highest BCUT2D eigenvalue weighted by Gasteiger charge is 2.31. The van der Waals surface area contributed by atoms with Gasteiger partial charge in [-0.05, 0) is 36.1 Å². The summed E-state index contributed by atoms with van der Waals surface area (Å²) < 4.78 is -0.257. The van der Waals surface area contributed by atoms with Gasteiger partial charge >= 0.3 is 0 Å². The summed E-state index contributed by atoms with van der Waals surface area (Å²) in [6.45, 7) is 8.66. The minimum atomic E-state index is -0.402. The van der Waals surface area contributed by atoms with Crippen molar-refractivity contribution in [3.05, 3.63) is 70.8 Å². The van der Waals surface area contributed by atoms with E-state index in [0.29, 0.717) is 11.1 Å². The van der Waals surface area contributed by atoms with E-state index in [2.05, 4.69) is 27.7 Å². The number of rotatable bonds is 8. The molecule has 0 fully saturated rings. The topological polar surface area (TPSA) is 86.2 Å². The van der Waals surface area contributed by atoms with E-state index in [1.54, 1.807) is 12.1 Å². The fourth-order valence-electron chi connectivity index (χ4n) is 3.57. The van der Waals surface area contributed by atoms with Crippen LogP contribution in [0.3, 0.4) is 0 Å². The zero-order valence-corrected chi connectivity index (χ0v) is 17.2. The predicted molar refractivity (Wildman–Crippen MR) is 113 cm³/mol. The number of nitrogens with two attached hydrogens (primary N) is 2. The zero-order chi connectivity index (χ0) is 20.2. The molecule has 0 aliphatic carbocycles. The number of primary amides is 2. The largest absolute Gasteiger partial charge is 0.366 e. The van der Waals surface area contributed by atoms with Crippen LogP contribution in [-0.4, -0.2) is 21.3 Å². The van der Waals surface area contributed by atoms with Crippen LogP contribution in [0, 0.1) is 0 Å². The highest BCUT2D eigenvalue weighted by molar-refractivity contribution is 8.01. The molecule has 0 atom stereocenters. The molecule has 2 aromatic rings. The Morgan fingerprint density at radius 2 is 1.07 bits per heavy atom. The number of thioether (sulfide) groups is 1. The van der Waals surface area contributed by atoms with Gasteiger partial charge in [0.15, 0.2) is 0 Å². The Labute approximate surface area is 165 Å². The van der Waals surface area contributed by atoms with Crippen molar-refractivity contribution in [3.8, 4) is 0 Å². The third-order valence-electron chi connectivity index (χ3n) is 4.35. The van der Waals surface area contributed by atoms with E-state index in [-0.39, 0.29) is 9.49 Å². The molecule has 0 saturated heterocycles. The molecule has 2 rings (SSSR count). The van der Waals surface area contributed by atoms with E-state index >= 15 is 0 Å². The number of amides is 2. The predicted octanol–water partition coefficient (Wildman–Crippen LogP) is 3.96. The number of benzene rings is 2. The van der Waals surface area contributed by atoms with Crippen LogP contribution < -0.4 is 11.5 Å². The van der Waals surface area contributed by atoms with Crippen LogP contribution in [0.15, 0.2) is 48.5 Å². The van der Waals surface area contributed by atoms with Crippen molar-refractivity contribution in [1.82, 2.24) is 0 Å². The number of carbonyl (C=O) groups excluding carboxylic acids is 2. The van der Waals surface area contributed by atoms with Gasteiger partial charge in [-0.2, -0.15) is 0 Å². The van der Waals surface area contributed by atoms with Gasteiger partial charge in [-0.25, -0.2) is 0 Å². The maximum absolute atomic E-state index is 11.7. The first-order valence-corrected chi connectivity index (χ1v) is 9.78. The zero-order valence-electron chi connectivity index (χ0n) is 16.4. The van der Waals surface area contributed by atoms with Gasteiger partial charge in [0.1, 0.15) is 0 Å². The third-order valence-corrected chi connectivity index (χ3v) is 5.74. The smallest absolute Gasteiger partial charge is 0.248 e. The lowest BCUT2D eigenvalue weighted by molar-refractivity contribution is 0.0991. The summed E-state index contributed by atoms with van der Waals surface area (Å²) >= 11 is 1.83. The van der Waals surface area contributed by atoms with Crippen molar-refractivity contribution in [3.63, 3.8) is 0 Å². The number of hydrogen-bond acceptors (Lipinski definition) is 3. The lowest BCUT2D eigenvalue weighted by Crippen LogP contribution is -2.31. The molecule has 2 aromatic carbocycles. The van der Waals surface area contributed by atoms with Gasteiger partial charge < -0.3 is 11.5 Å². The normalized spacial score (nSPS) is 12.0. The number of carbonyl (C=O) groups is 2. The fraction of sp³-hybridized carbons (Fsp3) is 0.364. The molecule has 5 heteroatoms. The Hall–Kier alpha value is -2.27. The van der Waals surface area contributed by atoms with Crippen molar-refractivity contribution in [2.24, 2.45) is 11.5 Å². The first-order valence-electron chi connectivity index (χ1n) is 8.96. The second-order valence-electron chi connectivity index (χ2n) is 8.02. The summed E-state index contributed by atoms with van der Waals surface area (Å²) in [7, 11) is 0. The number of hydrogen-bond donors (Lipinski definition) is 2. The van der Waals surface area contributed by atoms with Crippen LogP contribution in [0.4, 0.5) is 0 Å². The summed E-state index contributed by atoms with van der Waals surface area (Å²) in [6.07, 6.45) is 1.44. The van der Waals surface area contributed by atoms with E-state index in [1.807, 2.05) is 48.2 Å². The van der Waals surface area contributed by atoms with E-state index < -0.39 is 11.8 Å². The molecule has 0 heterocycles.